The van der Waals surface area contributed by atoms with Gasteiger partial charge in [0.2, 0.25) is 0 Å². The van der Waals surface area contributed by atoms with E-state index >= 15 is 0 Å². The lowest BCUT2D eigenvalue weighted by Gasteiger charge is -2.27. The molecule has 0 aliphatic heterocycles. The number of aromatic nitrogens is 2. The van der Waals surface area contributed by atoms with Gasteiger partial charge in [0.05, 0.1) is 11.2 Å². The van der Waals surface area contributed by atoms with Gasteiger partial charge >= 0.3 is 12.1 Å². The fourth-order valence-electron chi connectivity index (χ4n) is 1.38. The Morgan fingerprint density at radius 2 is 1.89 bits per heavy atom. The molecule has 0 fully saturated rings. The molecule has 0 aromatic carbocycles. The number of rotatable bonds is 3. The molecule has 1 rings (SSSR count). The Labute approximate surface area is 111 Å². The first-order valence-electron chi connectivity index (χ1n) is 5.81. The molecule has 0 radical (unpaired) electrons. The Morgan fingerprint density at radius 1 is 1.32 bits per heavy atom. The number of nitrogens with zero attached hydrogens (tertiary/aromatic N) is 1. The largest absolute Gasteiger partial charge is 0.476 e. The third-order valence-electron chi connectivity index (χ3n) is 2.28. The van der Waals surface area contributed by atoms with Crippen molar-refractivity contribution in [1.29, 1.82) is 0 Å². The second-order valence-corrected chi connectivity index (χ2v) is 5.72. The first kappa shape index (κ1) is 15.0. The van der Waals surface area contributed by atoms with Crippen molar-refractivity contribution >= 4 is 12.1 Å². The van der Waals surface area contributed by atoms with E-state index in [0.29, 0.717) is 5.69 Å². The van der Waals surface area contributed by atoms with Gasteiger partial charge in [-0.1, -0.05) is 0 Å². The highest BCUT2D eigenvalue weighted by atomic mass is 16.6. The summed E-state index contributed by atoms with van der Waals surface area (Å²) in [6, 6.07) is 1.37. The summed E-state index contributed by atoms with van der Waals surface area (Å²) in [5.74, 6) is -1.13. The zero-order valence-electron chi connectivity index (χ0n) is 11.7. The van der Waals surface area contributed by atoms with Gasteiger partial charge in [-0.25, -0.2) is 9.59 Å². The van der Waals surface area contributed by atoms with Crippen LogP contribution in [0.3, 0.4) is 0 Å². The van der Waals surface area contributed by atoms with Gasteiger partial charge < -0.3 is 15.2 Å². The van der Waals surface area contributed by atoms with Crippen molar-refractivity contribution in [3.8, 4) is 0 Å². The minimum atomic E-state index is -1.13. The highest BCUT2D eigenvalue weighted by Crippen LogP contribution is 2.19. The molecule has 1 amide bonds. The third-order valence-corrected chi connectivity index (χ3v) is 2.28. The quantitative estimate of drug-likeness (QED) is 0.777. The average Bonchev–Trinajstić information content (AvgIpc) is 2.61. The molecule has 1 heterocycles. The minimum absolute atomic E-state index is 0.103. The van der Waals surface area contributed by atoms with E-state index in [4.69, 9.17) is 9.84 Å². The van der Waals surface area contributed by atoms with Gasteiger partial charge in [0, 0.05) is 0 Å². The zero-order chi connectivity index (χ0) is 14.8. The minimum Gasteiger partial charge on any atom is -0.476 e. The Bertz CT molecular complexity index is 485. The molecule has 1 aromatic heterocycles. The van der Waals surface area contributed by atoms with Gasteiger partial charge in [0.1, 0.15) is 5.60 Å². The van der Waals surface area contributed by atoms with Gasteiger partial charge in [-0.15, -0.1) is 0 Å². The van der Waals surface area contributed by atoms with Crippen molar-refractivity contribution in [1.82, 2.24) is 15.5 Å². The standard InChI is InChI=1S/C12H19N3O4/c1-11(2,3)19-10(18)13-12(4,5)8-6-7(9(16)17)14-15-8/h6H,1-5H3,(H,13,18)(H,14,15)(H,16,17). The molecule has 0 bridgehead atoms. The summed E-state index contributed by atoms with van der Waals surface area (Å²) in [6.07, 6.45) is -0.580. The lowest BCUT2D eigenvalue weighted by molar-refractivity contribution is 0.0468. The summed E-state index contributed by atoms with van der Waals surface area (Å²) < 4.78 is 5.15. The number of carbonyl (C=O) groups is 2. The molecule has 0 aliphatic rings. The van der Waals surface area contributed by atoms with E-state index in [0.717, 1.165) is 0 Å². The summed E-state index contributed by atoms with van der Waals surface area (Å²) in [5, 5.41) is 17.7. The molecule has 0 saturated carbocycles. The number of carboxylic acid groups (broad SMARTS) is 1. The summed E-state index contributed by atoms with van der Waals surface area (Å²) in [7, 11) is 0. The second-order valence-electron chi connectivity index (χ2n) is 5.72. The van der Waals surface area contributed by atoms with Crippen molar-refractivity contribution in [2.75, 3.05) is 0 Å². The number of alkyl carbamates (subject to hydrolysis) is 1. The van der Waals surface area contributed by atoms with Crippen LogP contribution in [0.5, 0.6) is 0 Å². The third kappa shape index (κ3) is 4.27. The molecule has 3 N–H and O–H groups in total. The molecule has 7 heteroatoms. The maximum absolute atomic E-state index is 11.7. The number of carbonyl (C=O) groups excluding carboxylic acids is 1. The van der Waals surface area contributed by atoms with Gasteiger partial charge in [0.25, 0.3) is 0 Å². The van der Waals surface area contributed by atoms with E-state index in [1.165, 1.54) is 6.07 Å². The number of hydrogen-bond donors (Lipinski definition) is 3. The summed E-state index contributed by atoms with van der Waals surface area (Å²) in [4.78, 5) is 22.5. The molecule has 0 unspecified atom stereocenters. The SMILES string of the molecule is CC(C)(C)OC(=O)NC(C)(C)c1cc(C(=O)O)n[nH]1. The van der Waals surface area contributed by atoms with Gasteiger partial charge in [-0.2, -0.15) is 5.10 Å². The van der Waals surface area contributed by atoms with Crippen LogP contribution in [-0.4, -0.2) is 33.0 Å². The molecule has 0 atom stereocenters. The number of nitrogens with one attached hydrogen (secondary N) is 2. The van der Waals surface area contributed by atoms with E-state index < -0.39 is 23.2 Å². The summed E-state index contributed by atoms with van der Waals surface area (Å²) in [5.41, 5.74) is -1.03. The average molecular weight is 269 g/mol. The van der Waals surface area contributed by atoms with Crippen molar-refractivity contribution < 1.29 is 19.4 Å². The number of hydrogen-bond acceptors (Lipinski definition) is 4. The first-order chi connectivity index (χ1) is 8.51. The van der Waals surface area contributed by atoms with Crippen LogP contribution in [0, 0.1) is 0 Å². The number of aromatic carboxylic acids is 1. The topological polar surface area (TPSA) is 104 Å². The van der Waals surface area contributed by atoms with Crippen LogP contribution in [0.15, 0.2) is 6.07 Å². The molecule has 19 heavy (non-hydrogen) atoms. The second kappa shape index (κ2) is 4.91. The smallest absolute Gasteiger partial charge is 0.408 e. The van der Waals surface area contributed by atoms with Gasteiger partial charge in [0.15, 0.2) is 5.69 Å². The lowest BCUT2D eigenvalue weighted by atomic mass is 10.0. The Balaban J connectivity index is 2.79. The van der Waals surface area contributed by atoms with Crippen molar-refractivity contribution in [2.45, 2.75) is 45.8 Å². The zero-order valence-corrected chi connectivity index (χ0v) is 11.7. The van der Waals surface area contributed by atoms with E-state index in [2.05, 4.69) is 15.5 Å². The maximum atomic E-state index is 11.7. The number of carboxylic acids is 1. The van der Waals surface area contributed by atoms with Gasteiger partial charge in [-0.05, 0) is 40.7 Å². The molecule has 1 aromatic rings. The van der Waals surface area contributed by atoms with E-state index in [9.17, 15) is 9.59 Å². The van der Waals surface area contributed by atoms with Crippen molar-refractivity contribution in [3.05, 3.63) is 17.5 Å². The Kier molecular flexibility index (Phi) is 3.88. The molecular weight excluding hydrogens is 250 g/mol. The molecular formula is C12H19N3O4. The summed E-state index contributed by atoms with van der Waals surface area (Å²) in [6.45, 7) is 8.72. The normalized spacial score (nSPS) is 12.1. The summed E-state index contributed by atoms with van der Waals surface area (Å²) >= 11 is 0. The molecule has 106 valence electrons. The van der Waals surface area contributed by atoms with Crippen LogP contribution in [-0.2, 0) is 10.3 Å². The highest BCUT2D eigenvalue weighted by molar-refractivity contribution is 5.85. The molecule has 0 aliphatic carbocycles. The Morgan fingerprint density at radius 3 is 2.32 bits per heavy atom. The van der Waals surface area contributed by atoms with Crippen LogP contribution >= 0.6 is 0 Å². The molecule has 7 nitrogen and oxygen atoms in total. The Hall–Kier alpha value is -2.05. The highest BCUT2D eigenvalue weighted by Gasteiger charge is 2.28. The first-order valence-corrected chi connectivity index (χ1v) is 5.81. The predicted octanol–water partition coefficient (Wildman–Crippen LogP) is 1.87. The van der Waals surface area contributed by atoms with Gasteiger partial charge in [-0.3, -0.25) is 5.10 Å². The van der Waals surface area contributed by atoms with Crippen LogP contribution in [0.2, 0.25) is 0 Å². The fourth-order valence-corrected chi connectivity index (χ4v) is 1.38. The molecule has 0 saturated heterocycles. The van der Waals surface area contributed by atoms with Crippen LogP contribution in [0.1, 0.15) is 50.8 Å². The molecule has 0 spiro atoms. The fraction of sp³-hybridized carbons (Fsp3) is 0.583. The number of H-pyrrole nitrogens is 1. The van der Waals surface area contributed by atoms with Crippen molar-refractivity contribution in [3.63, 3.8) is 0 Å². The number of amides is 1. The van der Waals surface area contributed by atoms with E-state index in [1.54, 1.807) is 34.6 Å². The van der Waals surface area contributed by atoms with Crippen molar-refractivity contribution in [2.24, 2.45) is 0 Å². The van der Waals surface area contributed by atoms with E-state index in [1.807, 2.05) is 0 Å². The number of ether oxygens (including phenoxy) is 1. The number of aromatic amines is 1. The maximum Gasteiger partial charge on any atom is 0.408 e. The predicted molar refractivity (Wildman–Crippen MR) is 67.9 cm³/mol. The van der Waals surface area contributed by atoms with E-state index in [-0.39, 0.29) is 5.69 Å². The van der Waals surface area contributed by atoms with Crippen LogP contribution in [0.25, 0.3) is 0 Å². The van der Waals surface area contributed by atoms with Crippen LogP contribution in [0.4, 0.5) is 4.79 Å². The van der Waals surface area contributed by atoms with Crippen LogP contribution < -0.4 is 5.32 Å². The monoisotopic (exact) mass is 269 g/mol. The lowest BCUT2D eigenvalue weighted by Crippen LogP contribution is -2.44.